The van der Waals surface area contributed by atoms with E-state index in [0.29, 0.717) is 11.6 Å². The molecule has 1 amide bonds. The van der Waals surface area contributed by atoms with Crippen LogP contribution in [0.1, 0.15) is 30.9 Å². The number of halogens is 1. The summed E-state index contributed by atoms with van der Waals surface area (Å²) in [7, 11) is 0. The number of carbonyl (C=O) groups is 1. The van der Waals surface area contributed by atoms with Crippen molar-refractivity contribution in [3.05, 3.63) is 35.1 Å². The molecule has 1 fully saturated rings. The summed E-state index contributed by atoms with van der Waals surface area (Å²) in [6, 6.07) is 5.67. The molecule has 0 atom stereocenters. The number of amides is 1. The Morgan fingerprint density at radius 3 is 2.68 bits per heavy atom. The largest absolute Gasteiger partial charge is 0.343 e. The van der Waals surface area contributed by atoms with Crippen LogP contribution in [-0.2, 0) is 11.3 Å². The Morgan fingerprint density at radius 2 is 2.11 bits per heavy atom. The summed E-state index contributed by atoms with van der Waals surface area (Å²) in [5.41, 5.74) is 1.79. The van der Waals surface area contributed by atoms with Crippen LogP contribution in [0.3, 0.4) is 0 Å². The Morgan fingerprint density at radius 1 is 1.42 bits per heavy atom. The molecule has 19 heavy (non-hydrogen) atoms. The molecule has 104 valence electrons. The van der Waals surface area contributed by atoms with Gasteiger partial charge in [-0.1, -0.05) is 12.1 Å². The first-order valence-corrected chi connectivity index (χ1v) is 6.80. The van der Waals surface area contributed by atoms with Crippen LogP contribution in [0, 0.1) is 12.7 Å². The zero-order valence-corrected chi connectivity index (χ0v) is 11.6. The smallest absolute Gasteiger partial charge is 0.219 e. The number of carbonyl (C=O) groups excluding carboxylic acids is 1. The molecular weight excluding hydrogens is 243 g/mol. The Labute approximate surface area is 113 Å². The third kappa shape index (κ3) is 3.77. The standard InChI is InChI=1S/C15H21FN2O/c1-11-9-13(3-4-15(11)16)10-17-14-5-7-18(8-6-14)12(2)19/h3-4,9,14,17H,5-8,10H2,1-2H3. The van der Waals surface area contributed by atoms with Crippen molar-refractivity contribution in [1.82, 2.24) is 10.2 Å². The molecule has 1 aromatic carbocycles. The quantitative estimate of drug-likeness (QED) is 0.908. The molecule has 1 saturated heterocycles. The fourth-order valence-electron chi connectivity index (χ4n) is 2.48. The van der Waals surface area contributed by atoms with Gasteiger partial charge >= 0.3 is 0 Å². The zero-order chi connectivity index (χ0) is 13.8. The lowest BCUT2D eigenvalue weighted by molar-refractivity contribution is -0.129. The lowest BCUT2D eigenvalue weighted by atomic mass is 10.0. The molecular formula is C15H21FN2O. The van der Waals surface area contributed by atoms with Crippen LogP contribution >= 0.6 is 0 Å². The second-order valence-electron chi connectivity index (χ2n) is 5.24. The Kier molecular flexibility index (Phi) is 4.53. The molecule has 2 rings (SSSR count). The Balaban J connectivity index is 1.80. The van der Waals surface area contributed by atoms with E-state index in [9.17, 15) is 9.18 Å². The minimum atomic E-state index is -0.154. The number of hydrogen-bond acceptors (Lipinski definition) is 2. The number of hydrogen-bond donors (Lipinski definition) is 1. The van der Waals surface area contributed by atoms with Crippen LogP contribution < -0.4 is 5.32 Å². The normalized spacial score (nSPS) is 16.7. The summed E-state index contributed by atoms with van der Waals surface area (Å²) in [6.45, 7) is 5.82. The van der Waals surface area contributed by atoms with Gasteiger partial charge in [0, 0.05) is 32.6 Å². The zero-order valence-electron chi connectivity index (χ0n) is 11.6. The maximum atomic E-state index is 13.2. The molecule has 0 radical (unpaired) electrons. The number of benzene rings is 1. The van der Waals surface area contributed by atoms with E-state index in [4.69, 9.17) is 0 Å². The van der Waals surface area contributed by atoms with E-state index in [1.807, 2.05) is 17.0 Å². The summed E-state index contributed by atoms with van der Waals surface area (Å²) in [4.78, 5) is 13.1. The van der Waals surface area contributed by atoms with Crippen LogP contribution in [0.5, 0.6) is 0 Å². The third-order valence-corrected chi connectivity index (χ3v) is 3.76. The van der Waals surface area contributed by atoms with Crippen LogP contribution in [0.15, 0.2) is 18.2 Å². The number of nitrogens with one attached hydrogen (secondary N) is 1. The molecule has 1 aliphatic rings. The molecule has 1 aromatic rings. The van der Waals surface area contributed by atoms with Gasteiger partial charge in [-0.2, -0.15) is 0 Å². The summed E-state index contributed by atoms with van der Waals surface area (Å²) in [5, 5.41) is 3.48. The number of rotatable bonds is 3. The van der Waals surface area contributed by atoms with Crippen molar-refractivity contribution in [3.63, 3.8) is 0 Å². The van der Waals surface area contributed by atoms with E-state index < -0.39 is 0 Å². The van der Waals surface area contributed by atoms with Crippen LogP contribution in [0.25, 0.3) is 0 Å². The van der Waals surface area contributed by atoms with Gasteiger partial charge in [-0.25, -0.2) is 4.39 Å². The van der Waals surface area contributed by atoms with Crippen LogP contribution in [-0.4, -0.2) is 29.9 Å². The number of piperidine rings is 1. The van der Waals surface area contributed by atoms with E-state index in [1.165, 1.54) is 6.07 Å². The lowest BCUT2D eigenvalue weighted by Crippen LogP contribution is -2.43. The minimum absolute atomic E-state index is 0.154. The van der Waals surface area contributed by atoms with Crippen molar-refractivity contribution in [2.45, 2.75) is 39.3 Å². The molecule has 0 aliphatic carbocycles. The van der Waals surface area contributed by atoms with Gasteiger partial charge in [0.25, 0.3) is 0 Å². The summed E-state index contributed by atoms with van der Waals surface area (Å²) in [6.07, 6.45) is 1.97. The molecule has 0 saturated carbocycles. The van der Waals surface area contributed by atoms with E-state index in [-0.39, 0.29) is 11.7 Å². The fourth-order valence-corrected chi connectivity index (χ4v) is 2.48. The highest BCUT2D eigenvalue weighted by Crippen LogP contribution is 2.13. The maximum absolute atomic E-state index is 13.2. The first kappa shape index (κ1) is 14.0. The van der Waals surface area contributed by atoms with Crippen molar-refractivity contribution in [2.75, 3.05) is 13.1 Å². The van der Waals surface area contributed by atoms with Crippen molar-refractivity contribution < 1.29 is 9.18 Å². The van der Waals surface area contributed by atoms with Crippen LogP contribution in [0.2, 0.25) is 0 Å². The van der Waals surface area contributed by atoms with Gasteiger partial charge in [-0.05, 0) is 37.0 Å². The molecule has 1 aliphatic heterocycles. The van der Waals surface area contributed by atoms with Gasteiger partial charge in [0.05, 0.1) is 0 Å². The average Bonchev–Trinajstić information content (AvgIpc) is 2.40. The van der Waals surface area contributed by atoms with E-state index >= 15 is 0 Å². The molecule has 0 bridgehead atoms. The van der Waals surface area contributed by atoms with Crippen molar-refractivity contribution in [2.24, 2.45) is 0 Å². The third-order valence-electron chi connectivity index (χ3n) is 3.76. The second kappa shape index (κ2) is 6.15. The molecule has 1 N–H and O–H groups in total. The fraction of sp³-hybridized carbons (Fsp3) is 0.533. The predicted molar refractivity (Wildman–Crippen MR) is 73.3 cm³/mol. The van der Waals surface area contributed by atoms with Gasteiger partial charge in [0.2, 0.25) is 5.91 Å². The Hall–Kier alpha value is -1.42. The Bertz CT molecular complexity index is 453. The molecule has 1 heterocycles. The van der Waals surface area contributed by atoms with Gasteiger partial charge < -0.3 is 10.2 Å². The lowest BCUT2D eigenvalue weighted by Gasteiger charge is -2.31. The molecule has 3 nitrogen and oxygen atoms in total. The number of likely N-dealkylation sites (tertiary alicyclic amines) is 1. The highest BCUT2D eigenvalue weighted by Gasteiger charge is 2.19. The minimum Gasteiger partial charge on any atom is -0.343 e. The van der Waals surface area contributed by atoms with Crippen molar-refractivity contribution in [1.29, 1.82) is 0 Å². The first-order valence-electron chi connectivity index (χ1n) is 6.80. The van der Waals surface area contributed by atoms with E-state index in [0.717, 1.165) is 38.0 Å². The van der Waals surface area contributed by atoms with Crippen LogP contribution in [0.4, 0.5) is 4.39 Å². The highest BCUT2D eigenvalue weighted by atomic mass is 19.1. The van der Waals surface area contributed by atoms with Crippen molar-refractivity contribution >= 4 is 5.91 Å². The molecule has 4 heteroatoms. The summed E-state index contributed by atoms with van der Waals surface area (Å²) < 4.78 is 13.2. The predicted octanol–water partition coefficient (Wildman–Crippen LogP) is 2.23. The van der Waals surface area contributed by atoms with Gasteiger partial charge in [-0.15, -0.1) is 0 Å². The van der Waals surface area contributed by atoms with Gasteiger partial charge in [0.15, 0.2) is 0 Å². The maximum Gasteiger partial charge on any atom is 0.219 e. The summed E-state index contributed by atoms with van der Waals surface area (Å²) >= 11 is 0. The monoisotopic (exact) mass is 264 g/mol. The SMILES string of the molecule is CC(=O)N1CCC(NCc2ccc(F)c(C)c2)CC1. The second-order valence-corrected chi connectivity index (χ2v) is 5.24. The van der Waals surface area contributed by atoms with E-state index in [1.54, 1.807) is 13.8 Å². The molecule has 0 spiro atoms. The molecule has 0 unspecified atom stereocenters. The topological polar surface area (TPSA) is 32.3 Å². The molecule has 0 aromatic heterocycles. The first-order chi connectivity index (χ1) is 9.06. The number of nitrogens with zero attached hydrogens (tertiary/aromatic N) is 1. The number of aryl methyl sites for hydroxylation is 1. The highest BCUT2D eigenvalue weighted by molar-refractivity contribution is 5.73. The summed E-state index contributed by atoms with van der Waals surface area (Å²) in [5.74, 6) is 0.00567. The average molecular weight is 264 g/mol. The van der Waals surface area contributed by atoms with Crippen molar-refractivity contribution in [3.8, 4) is 0 Å². The van der Waals surface area contributed by atoms with E-state index in [2.05, 4.69) is 5.32 Å². The van der Waals surface area contributed by atoms with Gasteiger partial charge in [0.1, 0.15) is 5.82 Å². The van der Waals surface area contributed by atoms with Gasteiger partial charge in [-0.3, -0.25) is 4.79 Å².